The van der Waals surface area contributed by atoms with Crippen LogP contribution in [-0.2, 0) is 12.8 Å². The molecule has 16 heavy (non-hydrogen) atoms. The molecule has 1 aromatic carbocycles. The highest BCUT2D eigenvalue weighted by molar-refractivity contribution is 5.66. The Balaban J connectivity index is 1.95. The molecule has 0 aromatic heterocycles. The first kappa shape index (κ1) is 9.76. The molecule has 1 aliphatic carbocycles. The minimum absolute atomic E-state index is 0.125. The van der Waals surface area contributed by atoms with Crippen LogP contribution >= 0.6 is 0 Å². The molecule has 1 heterocycles. The van der Waals surface area contributed by atoms with E-state index >= 15 is 0 Å². The van der Waals surface area contributed by atoms with Crippen LogP contribution in [0.3, 0.4) is 0 Å². The van der Waals surface area contributed by atoms with Crippen LogP contribution in [0.1, 0.15) is 24.5 Å². The van der Waals surface area contributed by atoms with Crippen molar-refractivity contribution in [1.29, 1.82) is 0 Å². The van der Waals surface area contributed by atoms with Gasteiger partial charge in [0.05, 0.1) is 0 Å². The van der Waals surface area contributed by atoms with E-state index in [-0.39, 0.29) is 11.2 Å². The largest absolute Gasteiger partial charge is 0.269 e. The summed E-state index contributed by atoms with van der Waals surface area (Å²) >= 11 is 0. The molecule has 1 aliphatic heterocycles. The molecule has 1 aromatic rings. The molecule has 2 heteroatoms. The lowest BCUT2D eigenvalue weighted by Gasteiger charge is -2.24. The van der Waals surface area contributed by atoms with Gasteiger partial charge in [-0.3, -0.25) is 4.99 Å². The highest BCUT2D eigenvalue weighted by atomic mass is 19.1. The lowest BCUT2D eigenvalue weighted by atomic mass is 9.79. The summed E-state index contributed by atoms with van der Waals surface area (Å²) in [5.74, 6) is -0.125. The number of fused-ring (bicyclic) bond motifs is 1. The standard InChI is InChI=1S/C14H14FN/c1-14(12-4-5-16-9-12)7-10-2-3-13(15)6-11(10)8-14/h2-3,5-6,9H,4,7-8H2,1H3. The molecule has 0 amide bonds. The lowest BCUT2D eigenvalue weighted by Crippen LogP contribution is -2.19. The Labute approximate surface area is 94.7 Å². The first-order valence-corrected chi connectivity index (χ1v) is 5.66. The maximum absolute atomic E-state index is 13.2. The number of hydrogen-bond donors (Lipinski definition) is 0. The molecule has 0 fully saturated rings. The molecule has 1 atom stereocenters. The summed E-state index contributed by atoms with van der Waals surface area (Å²) < 4.78 is 13.2. The molecule has 0 spiro atoms. The van der Waals surface area contributed by atoms with Gasteiger partial charge in [-0.15, -0.1) is 0 Å². The molecule has 2 aliphatic rings. The molecule has 0 radical (unpaired) electrons. The molecule has 82 valence electrons. The maximum Gasteiger partial charge on any atom is 0.123 e. The minimum Gasteiger partial charge on any atom is -0.269 e. The maximum atomic E-state index is 13.2. The van der Waals surface area contributed by atoms with Crippen molar-refractivity contribution in [3.8, 4) is 0 Å². The highest BCUT2D eigenvalue weighted by Gasteiger charge is 2.36. The third kappa shape index (κ3) is 1.41. The van der Waals surface area contributed by atoms with E-state index in [1.54, 1.807) is 12.1 Å². The van der Waals surface area contributed by atoms with Crippen LogP contribution in [0.4, 0.5) is 4.39 Å². The Kier molecular flexibility index (Phi) is 2.00. The van der Waals surface area contributed by atoms with Gasteiger partial charge in [0.1, 0.15) is 5.82 Å². The second kappa shape index (κ2) is 3.27. The van der Waals surface area contributed by atoms with Crippen molar-refractivity contribution < 1.29 is 4.39 Å². The first-order valence-electron chi connectivity index (χ1n) is 5.66. The van der Waals surface area contributed by atoms with E-state index in [0.29, 0.717) is 0 Å². The fourth-order valence-corrected chi connectivity index (χ4v) is 2.81. The van der Waals surface area contributed by atoms with Gasteiger partial charge < -0.3 is 0 Å². The van der Waals surface area contributed by atoms with Crippen molar-refractivity contribution in [2.24, 2.45) is 10.4 Å². The quantitative estimate of drug-likeness (QED) is 0.681. The minimum atomic E-state index is -0.125. The van der Waals surface area contributed by atoms with E-state index in [1.807, 2.05) is 18.5 Å². The third-order valence-corrected chi connectivity index (χ3v) is 3.75. The normalized spacial score (nSPS) is 27.0. The third-order valence-electron chi connectivity index (χ3n) is 3.75. The van der Waals surface area contributed by atoms with Gasteiger partial charge in [0.15, 0.2) is 0 Å². The van der Waals surface area contributed by atoms with Crippen LogP contribution in [0, 0.1) is 11.2 Å². The van der Waals surface area contributed by atoms with Crippen LogP contribution < -0.4 is 0 Å². The lowest BCUT2D eigenvalue weighted by molar-refractivity contribution is 0.421. The molecule has 1 unspecified atom stereocenters. The van der Waals surface area contributed by atoms with E-state index in [2.05, 4.69) is 11.9 Å². The summed E-state index contributed by atoms with van der Waals surface area (Å²) in [4.78, 5) is 4.17. The zero-order chi connectivity index (χ0) is 11.2. The van der Waals surface area contributed by atoms with Gasteiger partial charge in [0.2, 0.25) is 0 Å². The van der Waals surface area contributed by atoms with Crippen molar-refractivity contribution >= 4 is 6.21 Å². The molecule has 0 bridgehead atoms. The number of halogens is 1. The monoisotopic (exact) mass is 215 g/mol. The van der Waals surface area contributed by atoms with Crippen molar-refractivity contribution in [2.45, 2.75) is 26.2 Å². The summed E-state index contributed by atoms with van der Waals surface area (Å²) in [6, 6.07) is 5.16. The number of aliphatic imine (C=N–C) groups is 1. The average Bonchev–Trinajstić information content (AvgIpc) is 2.83. The fraction of sp³-hybridized carbons (Fsp3) is 0.357. The molecule has 0 saturated heterocycles. The van der Waals surface area contributed by atoms with Crippen LogP contribution in [0.25, 0.3) is 0 Å². The zero-order valence-electron chi connectivity index (χ0n) is 9.33. The van der Waals surface area contributed by atoms with Crippen molar-refractivity contribution in [1.82, 2.24) is 0 Å². The van der Waals surface area contributed by atoms with Gasteiger partial charge in [-0.2, -0.15) is 0 Å². The summed E-state index contributed by atoms with van der Waals surface area (Å²) in [7, 11) is 0. The van der Waals surface area contributed by atoms with Crippen molar-refractivity contribution in [3.63, 3.8) is 0 Å². The number of hydrogen-bond acceptors (Lipinski definition) is 1. The van der Waals surface area contributed by atoms with Gasteiger partial charge in [-0.1, -0.05) is 13.0 Å². The highest BCUT2D eigenvalue weighted by Crippen LogP contribution is 2.44. The number of rotatable bonds is 1. The Bertz CT molecular complexity index is 501. The predicted molar refractivity (Wildman–Crippen MR) is 63.1 cm³/mol. The van der Waals surface area contributed by atoms with E-state index in [9.17, 15) is 4.39 Å². The van der Waals surface area contributed by atoms with E-state index in [1.165, 1.54) is 11.1 Å². The van der Waals surface area contributed by atoms with Crippen molar-refractivity contribution in [3.05, 3.63) is 46.9 Å². The van der Waals surface area contributed by atoms with Crippen LogP contribution in [0.5, 0.6) is 0 Å². The predicted octanol–water partition coefficient (Wildman–Crippen LogP) is 3.29. The molecular weight excluding hydrogens is 201 g/mol. The van der Waals surface area contributed by atoms with E-state index in [0.717, 1.165) is 24.8 Å². The number of benzene rings is 1. The van der Waals surface area contributed by atoms with Crippen LogP contribution in [-0.4, -0.2) is 6.21 Å². The molecular formula is C14H14FN. The Morgan fingerprint density at radius 1 is 1.25 bits per heavy atom. The Morgan fingerprint density at radius 3 is 2.81 bits per heavy atom. The van der Waals surface area contributed by atoms with Crippen LogP contribution in [0.15, 0.2) is 35.0 Å². The Morgan fingerprint density at radius 2 is 2.06 bits per heavy atom. The van der Waals surface area contributed by atoms with Gasteiger partial charge in [0.25, 0.3) is 0 Å². The summed E-state index contributed by atoms with van der Waals surface area (Å²) in [6.07, 6.45) is 6.83. The topological polar surface area (TPSA) is 12.4 Å². The summed E-state index contributed by atoms with van der Waals surface area (Å²) in [5.41, 5.74) is 3.98. The zero-order valence-corrected chi connectivity index (χ0v) is 9.33. The SMILES string of the molecule is CC1(C2=CN=CC2)Cc2ccc(F)cc2C1. The molecule has 0 N–H and O–H groups in total. The first-order chi connectivity index (χ1) is 7.67. The summed E-state index contributed by atoms with van der Waals surface area (Å²) in [5, 5.41) is 0. The average molecular weight is 215 g/mol. The van der Waals surface area contributed by atoms with Gasteiger partial charge in [-0.25, -0.2) is 4.39 Å². The second-order valence-electron chi connectivity index (χ2n) is 5.02. The molecule has 3 rings (SSSR count). The number of allylic oxidation sites excluding steroid dienone is 1. The summed E-state index contributed by atoms with van der Waals surface area (Å²) in [6.45, 7) is 2.26. The smallest absolute Gasteiger partial charge is 0.123 e. The molecule has 0 saturated carbocycles. The van der Waals surface area contributed by atoms with Gasteiger partial charge >= 0.3 is 0 Å². The van der Waals surface area contributed by atoms with E-state index < -0.39 is 0 Å². The molecule has 1 nitrogen and oxygen atoms in total. The van der Waals surface area contributed by atoms with Crippen molar-refractivity contribution in [2.75, 3.05) is 0 Å². The second-order valence-corrected chi connectivity index (χ2v) is 5.02. The Hall–Kier alpha value is -1.44. The fourth-order valence-electron chi connectivity index (χ4n) is 2.81. The van der Waals surface area contributed by atoms with Gasteiger partial charge in [-0.05, 0) is 47.1 Å². The van der Waals surface area contributed by atoms with Gasteiger partial charge in [0, 0.05) is 18.8 Å². The van der Waals surface area contributed by atoms with E-state index in [4.69, 9.17) is 0 Å². The number of nitrogens with zero attached hydrogens (tertiary/aromatic N) is 1. The van der Waals surface area contributed by atoms with Crippen LogP contribution in [0.2, 0.25) is 0 Å².